The summed E-state index contributed by atoms with van der Waals surface area (Å²) in [5.41, 5.74) is 8.51. The molecule has 27 heavy (non-hydrogen) atoms. The van der Waals surface area contributed by atoms with E-state index in [9.17, 15) is 0 Å². The van der Waals surface area contributed by atoms with E-state index in [0.717, 1.165) is 6.42 Å². The molecule has 5 rings (SSSR count). The second-order valence-electron chi connectivity index (χ2n) is 7.74. The molecule has 1 unspecified atom stereocenters. The summed E-state index contributed by atoms with van der Waals surface area (Å²) < 4.78 is 0. The highest BCUT2D eigenvalue weighted by molar-refractivity contribution is 5.85. The lowest BCUT2D eigenvalue weighted by Crippen LogP contribution is -2.16. The molecule has 0 saturated heterocycles. The van der Waals surface area contributed by atoms with Gasteiger partial charge in [-0.3, -0.25) is 0 Å². The van der Waals surface area contributed by atoms with Crippen LogP contribution in [-0.4, -0.2) is 0 Å². The van der Waals surface area contributed by atoms with Gasteiger partial charge in [0.15, 0.2) is 0 Å². The van der Waals surface area contributed by atoms with E-state index in [1.54, 1.807) is 0 Å². The predicted octanol–water partition coefficient (Wildman–Crippen LogP) is 7.32. The lowest BCUT2D eigenvalue weighted by Gasteiger charge is -2.34. The van der Waals surface area contributed by atoms with E-state index in [2.05, 4.69) is 98.8 Å². The first kappa shape index (κ1) is 16.3. The number of benzene rings is 4. The van der Waals surface area contributed by atoms with Crippen LogP contribution in [0.2, 0.25) is 0 Å². The summed E-state index contributed by atoms with van der Waals surface area (Å²) in [4.78, 5) is 0. The summed E-state index contributed by atoms with van der Waals surface area (Å²) >= 11 is 0. The summed E-state index contributed by atoms with van der Waals surface area (Å²) in [6.45, 7) is 4.59. The monoisotopic (exact) mass is 348 g/mol. The highest BCUT2D eigenvalue weighted by Gasteiger charge is 2.31. The SMILES string of the molecule is CCc1ccc2cc(C3c4ccccc4-c4ccccc4[C@H]3C)ccc2c1. The van der Waals surface area contributed by atoms with Crippen molar-refractivity contribution in [3.8, 4) is 11.1 Å². The molecule has 4 aromatic rings. The van der Waals surface area contributed by atoms with Crippen LogP contribution in [0.3, 0.4) is 0 Å². The second kappa shape index (κ2) is 6.39. The Bertz CT molecular complexity index is 1140. The third-order valence-corrected chi connectivity index (χ3v) is 6.23. The molecule has 0 spiro atoms. The standard InChI is InChI=1S/C27H24/c1-3-19-12-13-21-17-22(15-14-20(21)16-19)27-18(2)23-8-4-5-9-24(23)25-10-6-7-11-26(25)27/h4-18,27H,3H2,1-2H3/t18-,27?/m1/s1. The molecule has 1 aliphatic rings. The lowest BCUT2D eigenvalue weighted by molar-refractivity contribution is 0.650. The first-order valence-corrected chi connectivity index (χ1v) is 9.97. The van der Waals surface area contributed by atoms with Crippen LogP contribution in [0, 0.1) is 0 Å². The van der Waals surface area contributed by atoms with Gasteiger partial charge in [0, 0.05) is 5.92 Å². The minimum absolute atomic E-state index is 0.395. The summed E-state index contributed by atoms with van der Waals surface area (Å²) in [7, 11) is 0. The quantitative estimate of drug-likeness (QED) is 0.356. The van der Waals surface area contributed by atoms with Gasteiger partial charge in [0.25, 0.3) is 0 Å². The van der Waals surface area contributed by atoms with Crippen molar-refractivity contribution >= 4 is 10.8 Å². The van der Waals surface area contributed by atoms with Gasteiger partial charge in [-0.15, -0.1) is 0 Å². The molecule has 0 heteroatoms. The number of hydrogen-bond donors (Lipinski definition) is 0. The third kappa shape index (κ3) is 2.59. The highest BCUT2D eigenvalue weighted by atomic mass is 14.3. The van der Waals surface area contributed by atoms with Gasteiger partial charge in [-0.25, -0.2) is 0 Å². The van der Waals surface area contributed by atoms with E-state index < -0.39 is 0 Å². The second-order valence-corrected chi connectivity index (χ2v) is 7.74. The Hall–Kier alpha value is -2.86. The molecule has 132 valence electrons. The van der Waals surface area contributed by atoms with Gasteiger partial charge >= 0.3 is 0 Å². The summed E-state index contributed by atoms with van der Waals surface area (Å²) in [5.74, 6) is 0.856. The number of fused-ring (bicyclic) bond motifs is 4. The molecule has 0 amide bonds. The van der Waals surface area contributed by atoms with Crippen molar-refractivity contribution in [2.75, 3.05) is 0 Å². The molecule has 4 aromatic carbocycles. The number of hydrogen-bond acceptors (Lipinski definition) is 0. The lowest BCUT2D eigenvalue weighted by atomic mass is 9.69. The van der Waals surface area contributed by atoms with Gasteiger partial charge < -0.3 is 0 Å². The van der Waals surface area contributed by atoms with Gasteiger partial charge in [-0.1, -0.05) is 98.8 Å². The van der Waals surface area contributed by atoms with Crippen LogP contribution >= 0.6 is 0 Å². The van der Waals surface area contributed by atoms with Crippen molar-refractivity contribution in [2.24, 2.45) is 0 Å². The molecule has 0 bridgehead atoms. The fourth-order valence-corrected chi connectivity index (χ4v) is 4.80. The van der Waals surface area contributed by atoms with Crippen molar-refractivity contribution < 1.29 is 0 Å². The molecular weight excluding hydrogens is 324 g/mol. The Morgan fingerprint density at radius 1 is 0.667 bits per heavy atom. The van der Waals surface area contributed by atoms with Gasteiger partial charge in [0.05, 0.1) is 0 Å². The molecule has 0 saturated carbocycles. The van der Waals surface area contributed by atoms with Crippen molar-refractivity contribution in [3.05, 3.63) is 107 Å². The molecular formula is C27H24. The Morgan fingerprint density at radius 3 is 2.07 bits per heavy atom. The van der Waals surface area contributed by atoms with Gasteiger partial charge in [0.2, 0.25) is 0 Å². The first-order chi connectivity index (χ1) is 13.3. The zero-order chi connectivity index (χ0) is 18.4. The summed E-state index contributed by atoms with van der Waals surface area (Å²) in [5, 5.41) is 2.68. The Morgan fingerprint density at radius 2 is 1.30 bits per heavy atom. The van der Waals surface area contributed by atoms with Gasteiger partial charge in [-0.2, -0.15) is 0 Å². The van der Waals surface area contributed by atoms with Crippen molar-refractivity contribution in [3.63, 3.8) is 0 Å². The predicted molar refractivity (Wildman–Crippen MR) is 115 cm³/mol. The molecule has 0 heterocycles. The average Bonchev–Trinajstić information content (AvgIpc) is 2.73. The van der Waals surface area contributed by atoms with Crippen LogP contribution in [0.25, 0.3) is 21.9 Å². The average molecular weight is 348 g/mol. The topological polar surface area (TPSA) is 0 Å². The Balaban J connectivity index is 1.70. The van der Waals surface area contributed by atoms with E-state index in [4.69, 9.17) is 0 Å². The van der Waals surface area contributed by atoms with Crippen LogP contribution < -0.4 is 0 Å². The molecule has 0 radical (unpaired) electrons. The maximum Gasteiger partial charge on any atom is 0.0162 e. The molecule has 0 aromatic heterocycles. The van der Waals surface area contributed by atoms with Crippen molar-refractivity contribution in [1.29, 1.82) is 0 Å². The first-order valence-electron chi connectivity index (χ1n) is 9.97. The van der Waals surface area contributed by atoms with Crippen LogP contribution in [0.1, 0.15) is 47.9 Å². The normalized spacial score (nSPS) is 18.1. The molecule has 2 atom stereocenters. The zero-order valence-electron chi connectivity index (χ0n) is 15.9. The highest BCUT2D eigenvalue weighted by Crippen LogP contribution is 2.49. The number of aryl methyl sites for hydroxylation is 1. The summed E-state index contributed by atoms with van der Waals surface area (Å²) in [6.07, 6.45) is 1.08. The van der Waals surface area contributed by atoms with Gasteiger partial charge in [0.1, 0.15) is 0 Å². The van der Waals surface area contributed by atoms with Crippen LogP contribution in [-0.2, 0) is 6.42 Å². The van der Waals surface area contributed by atoms with Crippen molar-refractivity contribution in [1.82, 2.24) is 0 Å². The minimum atomic E-state index is 0.395. The minimum Gasteiger partial charge on any atom is -0.0619 e. The number of rotatable bonds is 2. The Labute approximate surface area is 161 Å². The van der Waals surface area contributed by atoms with E-state index in [0.29, 0.717) is 11.8 Å². The van der Waals surface area contributed by atoms with E-state index in [1.807, 2.05) is 0 Å². The molecule has 0 nitrogen and oxygen atoms in total. The zero-order valence-corrected chi connectivity index (χ0v) is 15.9. The van der Waals surface area contributed by atoms with Crippen molar-refractivity contribution in [2.45, 2.75) is 32.1 Å². The van der Waals surface area contributed by atoms with Gasteiger partial charge in [-0.05, 0) is 56.5 Å². The molecule has 0 fully saturated rings. The van der Waals surface area contributed by atoms with E-state index >= 15 is 0 Å². The maximum absolute atomic E-state index is 2.40. The molecule has 0 N–H and O–H groups in total. The fourth-order valence-electron chi connectivity index (χ4n) is 4.80. The van der Waals surface area contributed by atoms with Crippen LogP contribution in [0.4, 0.5) is 0 Å². The van der Waals surface area contributed by atoms with Crippen LogP contribution in [0.5, 0.6) is 0 Å². The third-order valence-electron chi connectivity index (χ3n) is 6.23. The largest absolute Gasteiger partial charge is 0.0619 e. The van der Waals surface area contributed by atoms with Crippen LogP contribution in [0.15, 0.2) is 84.9 Å². The summed E-state index contributed by atoms with van der Waals surface area (Å²) in [6, 6.07) is 31.8. The van der Waals surface area contributed by atoms with E-state index in [-0.39, 0.29) is 0 Å². The molecule has 1 aliphatic carbocycles. The Kier molecular flexibility index (Phi) is 3.86. The smallest absolute Gasteiger partial charge is 0.0162 e. The maximum atomic E-state index is 2.40. The van der Waals surface area contributed by atoms with E-state index in [1.165, 1.54) is 44.2 Å². The molecule has 0 aliphatic heterocycles. The fraction of sp³-hybridized carbons (Fsp3) is 0.185.